The standard InChI is InChI=1S/C17H19ClN2O2/c18-16-4-1-14(2-5-16)15-3-6-17(19-13-15)22-12-9-20-7-10-21-11-8-20/h1-6,13H,7-12H2. The van der Waals surface area contributed by atoms with Crippen molar-refractivity contribution in [2.45, 2.75) is 0 Å². The Bertz CT molecular complexity index is 581. The zero-order valence-electron chi connectivity index (χ0n) is 12.4. The summed E-state index contributed by atoms with van der Waals surface area (Å²) < 4.78 is 11.0. The van der Waals surface area contributed by atoms with E-state index < -0.39 is 0 Å². The summed E-state index contributed by atoms with van der Waals surface area (Å²) >= 11 is 5.90. The number of ether oxygens (including phenoxy) is 2. The van der Waals surface area contributed by atoms with E-state index in [1.54, 1.807) is 0 Å². The Kier molecular flexibility index (Phi) is 5.27. The minimum absolute atomic E-state index is 0.646. The van der Waals surface area contributed by atoms with Gasteiger partial charge in [0.25, 0.3) is 0 Å². The summed E-state index contributed by atoms with van der Waals surface area (Å²) in [6.07, 6.45) is 1.83. The van der Waals surface area contributed by atoms with Gasteiger partial charge in [0.2, 0.25) is 5.88 Å². The third kappa shape index (κ3) is 4.19. The normalized spacial score (nSPS) is 15.7. The van der Waals surface area contributed by atoms with Crippen LogP contribution in [-0.2, 0) is 4.74 Å². The molecule has 0 amide bonds. The maximum Gasteiger partial charge on any atom is 0.213 e. The fraction of sp³-hybridized carbons (Fsp3) is 0.353. The summed E-state index contributed by atoms with van der Waals surface area (Å²) in [7, 11) is 0. The molecule has 22 heavy (non-hydrogen) atoms. The Balaban J connectivity index is 1.51. The van der Waals surface area contributed by atoms with E-state index in [1.165, 1.54) is 0 Å². The first-order chi connectivity index (χ1) is 10.8. The maximum atomic E-state index is 5.90. The van der Waals surface area contributed by atoms with Crippen molar-refractivity contribution in [1.29, 1.82) is 0 Å². The zero-order chi connectivity index (χ0) is 15.2. The molecule has 5 heteroatoms. The van der Waals surface area contributed by atoms with Crippen LogP contribution in [0.25, 0.3) is 11.1 Å². The first-order valence-electron chi connectivity index (χ1n) is 7.46. The molecule has 0 atom stereocenters. The summed E-state index contributed by atoms with van der Waals surface area (Å²) in [6, 6.07) is 11.6. The van der Waals surface area contributed by atoms with Crippen LogP contribution >= 0.6 is 11.6 Å². The number of hydrogen-bond donors (Lipinski definition) is 0. The SMILES string of the molecule is Clc1ccc(-c2ccc(OCCN3CCOCC3)nc2)cc1. The van der Waals surface area contributed by atoms with Crippen LogP contribution in [0.5, 0.6) is 5.88 Å². The number of aromatic nitrogens is 1. The maximum absolute atomic E-state index is 5.90. The molecule has 1 saturated heterocycles. The van der Waals surface area contributed by atoms with Crippen molar-refractivity contribution in [3.63, 3.8) is 0 Å². The highest BCUT2D eigenvalue weighted by Crippen LogP contribution is 2.22. The number of halogens is 1. The summed E-state index contributed by atoms with van der Waals surface area (Å²) in [5.74, 6) is 0.658. The molecule has 0 saturated carbocycles. The highest BCUT2D eigenvalue weighted by molar-refractivity contribution is 6.30. The van der Waals surface area contributed by atoms with Crippen LogP contribution in [-0.4, -0.2) is 49.3 Å². The van der Waals surface area contributed by atoms with Gasteiger partial charge in [0, 0.05) is 42.5 Å². The molecule has 1 aliphatic heterocycles. The summed E-state index contributed by atoms with van der Waals surface area (Å²) in [6.45, 7) is 5.14. The van der Waals surface area contributed by atoms with Crippen molar-refractivity contribution in [3.05, 3.63) is 47.6 Å². The van der Waals surface area contributed by atoms with Crippen LogP contribution in [0.15, 0.2) is 42.6 Å². The Morgan fingerprint density at radius 3 is 2.45 bits per heavy atom. The Morgan fingerprint density at radius 2 is 1.77 bits per heavy atom. The number of morpholine rings is 1. The van der Waals surface area contributed by atoms with E-state index in [0.717, 1.165) is 49.0 Å². The minimum Gasteiger partial charge on any atom is -0.476 e. The molecule has 4 nitrogen and oxygen atoms in total. The van der Waals surface area contributed by atoms with Crippen LogP contribution in [0, 0.1) is 0 Å². The summed E-state index contributed by atoms with van der Waals surface area (Å²) in [4.78, 5) is 6.70. The highest BCUT2D eigenvalue weighted by Gasteiger charge is 2.09. The van der Waals surface area contributed by atoms with Gasteiger partial charge in [0.05, 0.1) is 13.2 Å². The van der Waals surface area contributed by atoms with Crippen molar-refractivity contribution >= 4 is 11.6 Å². The number of benzene rings is 1. The molecular formula is C17H19ClN2O2. The molecule has 0 aliphatic carbocycles. The lowest BCUT2D eigenvalue weighted by Crippen LogP contribution is -2.38. The molecule has 3 rings (SSSR count). The van der Waals surface area contributed by atoms with Gasteiger partial charge in [-0.15, -0.1) is 0 Å². The Hall–Kier alpha value is -1.62. The van der Waals surface area contributed by atoms with E-state index in [0.29, 0.717) is 12.5 Å². The van der Waals surface area contributed by atoms with Crippen LogP contribution in [0.3, 0.4) is 0 Å². The molecule has 1 fully saturated rings. The second-order valence-corrected chi connectivity index (χ2v) is 5.63. The molecule has 0 unspecified atom stereocenters. The van der Waals surface area contributed by atoms with E-state index in [-0.39, 0.29) is 0 Å². The second kappa shape index (κ2) is 7.58. The third-order valence-electron chi connectivity index (χ3n) is 3.68. The zero-order valence-corrected chi connectivity index (χ0v) is 13.1. The van der Waals surface area contributed by atoms with E-state index in [4.69, 9.17) is 21.1 Å². The predicted molar refractivity (Wildman–Crippen MR) is 87.4 cm³/mol. The molecule has 0 spiro atoms. The predicted octanol–water partition coefficient (Wildman–Crippen LogP) is 3.11. The van der Waals surface area contributed by atoms with Gasteiger partial charge in [0.1, 0.15) is 6.61 Å². The van der Waals surface area contributed by atoms with E-state index in [2.05, 4.69) is 9.88 Å². The molecule has 1 aliphatic rings. The minimum atomic E-state index is 0.646. The van der Waals surface area contributed by atoms with Gasteiger partial charge in [-0.1, -0.05) is 23.7 Å². The number of pyridine rings is 1. The quantitative estimate of drug-likeness (QED) is 0.848. The fourth-order valence-corrected chi connectivity index (χ4v) is 2.51. The fourth-order valence-electron chi connectivity index (χ4n) is 2.38. The van der Waals surface area contributed by atoms with Crippen molar-refractivity contribution in [2.75, 3.05) is 39.5 Å². The summed E-state index contributed by atoms with van der Waals surface area (Å²) in [5, 5.41) is 0.736. The lowest BCUT2D eigenvalue weighted by atomic mass is 10.1. The van der Waals surface area contributed by atoms with E-state index in [9.17, 15) is 0 Å². The third-order valence-corrected chi connectivity index (χ3v) is 3.93. The Labute approximate surface area is 135 Å². The topological polar surface area (TPSA) is 34.6 Å². The average Bonchev–Trinajstić information content (AvgIpc) is 2.57. The van der Waals surface area contributed by atoms with Crippen LogP contribution in [0.4, 0.5) is 0 Å². The monoisotopic (exact) mass is 318 g/mol. The average molecular weight is 319 g/mol. The van der Waals surface area contributed by atoms with Crippen LogP contribution in [0.1, 0.15) is 0 Å². The molecule has 0 bridgehead atoms. The largest absolute Gasteiger partial charge is 0.476 e. The molecule has 0 radical (unpaired) electrons. The molecule has 1 aromatic heterocycles. The van der Waals surface area contributed by atoms with Gasteiger partial charge in [-0.05, 0) is 23.8 Å². The van der Waals surface area contributed by atoms with Gasteiger partial charge >= 0.3 is 0 Å². The van der Waals surface area contributed by atoms with Crippen LogP contribution in [0.2, 0.25) is 5.02 Å². The highest BCUT2D eigenvalue weighted by atomic mass is 35.5. The summed E-state index contributed by atoms with van der Waals surface area (Å²) in [5.41, 5.74) is 2.15. The molecule has 2 aromatic rings. The van der Waals surface area contributed by atoms with E-state index in [1.807, 2.05) is 42.6 Å². The van der Waals surface area contributed by atoms with Crippen molar-refractivity contribution in [3.8, 4) is 17.0 Å². The first-order valence-corrected chi connectivity index (χ1v) is 7.84. The number of hydrogen-bond acceptors (Lipinski definition) is 4. The van der Waals surface area contributed by atoms with Gasteiger partial charge in [-0.25, -0.2) is 4.98 Å². The van der Waals surface area contributed by atoms with Gasteiger partial charge in [-0.3, -0.25) is 4.90 Å². The second-order valence-electron chi connectivity index (χ2n) is 5.19. The molecule has 0 N–H and O–H groups in total. The van der Waals surface area contributed by atoms with Gasteiger partial charge in [-0.2, -0.15) is 0 Å². The lowest BCUT2D eigenvalue weighted by molar-refractivity contribution is 0.0320. The van der Waals surface area contributed by atoms with E-state index >= 15 is 0 Å². The van der Waals surface area contributed by atoms with Crippen molar-refractivity contribution in [1.82, 2.24) is 9.88 Å². The van der Waals surface area contributed by atoms with Crippen LogP contribution < -0.4 is 4.74 Å². The first kappa shape index (κ1) is 15.3. The van der Waals surface area contributed by atoms with Crippen molar-refractivity contribution < 1.29 is 9.47 Å². The Morgan fingerprint density at radius 1 is 1.05 bits per heavy atom. The number of nitrogens with zero attached hydrogens (tertiary/aromatic N) is 2. The molecular weight excluding hydrogens is 300 g/mol. The van der Waals surface area contributed by atoms with Crippen molar-refractivity contribution in [2.24, 2.45) is 0 Å². The smallest absolute Gasteiger partial charge is 0.213 e. The molecule has 1 aromatic carbocycles. The van der Waals surface area contributed by atoms with Gasteiger partial charge in [0.15, 0.2) is 0 Å². The van der Waals surface area contributed by atoms with Gasteiger partial charge < -0.3 is 9.47 Å². The molecule has 116 valence electrons. The number of rotatable bonds is 5. The lowest BCUT2D eigenvalue weighted by Gasteiger charge is -2.26. The molecule has 2 heterocycles.